The molecule has 1 atom stereocenters. The summed E-state index contributed by atoms with van der Waals surface area (Å²) in [4.78, 5) is 24.5. The molecule has 0 aliphatic carbocycles. The zero-order valence-corrected chi connectivity index (χ0v) is 15.8. The van der Waals surface area contributed by atoms with Crippen molar-refractivity contribution < 1.29 is 14.3 Å². The van der Waals surface area contributed by atoms with Crippen LogP contribution in [0.15, 0.2) is 12.4 Å². The highest BCUT2D eigenvalue weighted by Gasteiger charge is 2.33. The number of rotatable bonds is 6. The van der Waals surface area contributed by atoms with Gasteiger partial charge < -0.3 is 15.4 Å². The van der Waals surface area contributed by atoms with Gasteiger partial charge >= 0.3 is 6.09 Å². The summed E-state index contributed by atoms with van der Waals surface area (Å²) < 4.78 is 7.03. The molecular weight excluding hydrogens is 308 g/mol. The Morgan fingerprint density at radius 1 is 1.25 bits per heavy atom. The molecule has 0 bridgehead atoms. The molecule has 24 heavy (non-hydrogen) atoms. The summed E-state index contributed by atoms with van der Waals surface area (Å²) in [6.45, 7) is 13.4. The van der Waals surface area contributed by atoms with Gasteiger partial charge in [0.1, 0.15) is 11.1 Å². The Kier molecular flexibility index (Phi) is 6.40. The molecular formula is C17H30N4O3. The highest BCUT2D eigenvalue weighted by atomic mass is 16.6. The van der Waals surface area contributed by atoms with E-state index in [4.69, 9.17) is 4.74 Å². The molecule has 0 saturated heterocycles. The maximum absolute atomic E-state index is 12.6. The molecule has 0 fully saturated rings. The average Bonchev–Trinajstić information content (AvgIpc) is 2.90. The third-order valence-corrected chi connectivity index (χ3v) is 3.47. The van der Waals surface area contributed by atoms with E-state index in [9.17, 15) is 9.59 Å². The molecule has 7 heteroatoms. The van der Waals surface area contributed by atoms with Crippen LogP contribution >= 0.6 is 0 Å². The monoisotopic (exact) mass is 338 g/mol. The number of hydrogen-bond acceptors (Lipinski definition) is 4. The number of aryl methyl sites for hydroxylation is 1. The Hall–Kier alpha value is -2.05. The summed E-state index contributed by atoms with van der Waals surface area (Å²) in [6, 6.07) is -0.155. The average molecular weight is 338 g/mol. The fourth-order valence-electron chi connectivity index (χ4n) is 2.11. The van der Waals surface area contributed by atoms with E-state index in [1.807, 2.05) is 24.7 Å². The Bertz CT molecular complexity index is 573. The van der Waals surface area contributed by atoms with E-state index < -0.39 is 17.2 Å². The number of carbonyl (C=O) groups is 2. The van der Waals surface area contributed by atoms with Gasteiger partial charge in [-0.1, -0.05) is 6.92 Å². The van der Waals surface area contributed by atoms with Crippen molar-refractivity contribution in [2.24, 2.45) is 0 Å². The molecule has 1 aromatic heterocycles. The summed E-state index contributed by atoms with van der Waals surface area (Å²) in [5.74, 6) is -0.274. The Morgan fingerprint density at radius 2 is 1.88 bits per heavy atom. The van der Waals surface area contributed by atoms with E-state index in [-0.39, 0.29) is 11.9 Å². The molecule has 7 nitrogen and oxygen atoms in total. The normalized spacial score (nSPS) is 13.3. The number of nitrogens with zero attached hydrogens (tertiary/aromatic N) is 2. The lowest BCUT2D eigenvalue weighted by molar-refractivity contribution is -0.127. The number of hydrogen-bond donors (Lipinski definition) is 2. The first-order valence-corrected chi connectivity index (χ1v) is 8.33. The highest BCUT2D eigenvalue weighted by molar-refractivity contribution is 5.89. The van der Waals surface area contributed by atoms with Gasteiger partial charge in [-0.2, -0.15) is 5.10 Å². The van der Waals surface area contributed by atoms with E-state index in [0.717, 1.165) is 18.5 Å². The van der Waals surface area contributed by atoms with Gasteiger partial charge in [0, 0.05) is 18.3 Å². The molecule has 1 rings (SSSR count). The van der Waals surface area contributed by atoms with E-state index in [2.05, 4.69) is 15.7 Å². The minimum Gasteiger partial charge on any atom is -0.444 e. The van der Waals surface area contributed by atoms with Crippen LogP contribution in [0.3, 0.4) is 0 Å². The van der Waals surface area contributed by atoms with E-state index in [1.54, 1.807) is 40.8 Å². The van der Waals surface area contributed by atoms with Gasteiger partial charge in [-0.15, -0.1) is 0 Å². The molecule has 136 valence electrons. The van der Waals surface area contributed by atoms with E-state index in [1.165, 1.54) is 0 Å². The van der Waals surface area contributed by atoms with Gasteiger partial charge in [0.2, 0.25) is 5.91 Å². The first-order chi connectivity index (χ1) is 11.0. The first kappa shape index (κ1) is 20.0. The minimum atomic E-state index is -1.09. The molecule has 0 radical (unpaired) electrons. The minimum absolute atomic E-state index is 0.155. The summed E-state index contributed by atoms with van der Waals surface area (Å²) in [7, 11) is 0. The summed E-state index contributed by atoms with van der Waals surface area (Å²) >= 11 is 0. The van der Waals surface area contributed by atoms with Gasteiger partial charge in [0.25, 0.3) is 0 Å². The molecule has 1 aromatic rings. The number of ether oxygens (including phenoxy) is 1. The fourth-order valence-corrected chi connectivity index (χ4v) is 2.11. The molecule has 0 aromatic carbocycles. The highest BCUT2D eigenvalue weighted by Crippen LogP contribution is 2.17. The number of nitrogens with one attached hydrogen (secondary N) is 2. The van der Waals surface area contributed by atoms with Crippen molar-refractivity contribution in [1.29, 1.82) is 0 Å². The number of carbonyl (C=O) groups excluding carboxylic acids is 2. The topological polar surface area (TPSA) is 85.2 Å². The van der Waals surface area contributed by atoms with Crippen LogP contribution in [-0.4, -0.2) is 32.9 Å². The number of aromatic nitrogens is 2. The van der Waals surface area contributed by atoms with E-state index in [0.29, 0.717) is 0 Å². The maximum atomic E-state index is 12.6. The number of amides is 2. The molecule has 0 saturated carbocycles. The SMILES string of the molecule is CCC(NC(=O)C(C)(C)NC(=O)OC(C)(C)C)c1cnn(CC)c1. The lowest BCUT2D eigenvalue weighted by Crippen LogP contribution is -2.56. The van der Waals surface area contributed by atoms with Crippen LogP contribution in [0.25, 0.3) is 0 Å². The maximum Gasteiger partial charge on any atom is 0.408 e. The van der Waals surface area contributed by atoms with Gasteiger partial charge in [0.05, 0.1) is 12.2 Å². The van der Waals surface area contributed by atoms with Crippen molar-refractivity contribution in [1.82, 2.24) is 20.4 Å². The van der Waals surface area contributed by atoms with Crippen molar-refractivity contribution in [3.05, 3.63) is 18.0 Å². The van der Waals surface area contributed by atoms with Gasteiger partial charge in [-0.25, -0.2) is 4.79 Å². The van der Waals surface area contributed by atoms with Crippen molar-refractivity contribution in [2.45, 2.75) is 78.6 Å². The van der Waals surface area contributed by atoms with Crippen LogP contribution in [0.4, 0.5) is 4.79 Å². The first-order valence-electron chi connectivity index (χ1n) is 8.33. The third-order valence-electron chi connectivity index (χ3n) is 3.47. The van der Waals surface area contributed by atoms with Gasteiger partial charge in [-0.05, 0) is 48.0 Å². The van der Waals surface area contributed by atoms with Crippen molar-refractivity contribution in [2.75, 3.05) is 0 Å². The second-order valence-corrected chi connectivity index (χ2v) is 7.32. The van der Waals surface area contributed by atoms with Gasteiger partial charge in [0.15, 0.2) is 0 Å². The van der Waals surface area contributed by atoms with Crippen molar-refractivity contribution in [3.63, 3.8) is 0 Å². The van der Waals surface area contributed by atoms with Crippen LogP contribution in [0.5, 0.6) is 0 Å². The van der Waals surface area contributed by atoms with E-state index >= 15 is 0 Å². The van der Waals surface area contributed by atoms with Gasteiger partial charge in [-0.3, -0.25) is 9.48 Å². The second kappa shape index (κ2) is 7.68. The molecule has 2 amide bonds. The molecule has 1 heterocycles. The van der Waals surface area contributed by atoms with Crippen molar-refractivity contribution in [3.8, 4) is 0 Å². The largest absolute Gasteiger partial charge is 0.444 e. The second-order valence-electron chi connectivity index (χ2n) is 7.32. The number of alkyl carbamates (subject to hydrolysis) is 1. The van der Waals surface area contributed by atoms with Crippen LogP contribution in [0, 0.1) is 0 Å². The summed E-state index contributed by atoms with van der Waals surface area (Å²) in [5, 5.41) is 9.82. The quantitative estimate of drug-likeness (QED) is 0.835. The molecule has 0 spiro atoms. The third kappa shape index (κ3) is 5.86. The molecule has 0 aliphatic heterocycles. The van der Waals surface area contributed by atoms with Crippen LogP contribution < -0.4 is 10.6 Å². The molecule has 2 N–H and O–H groups in total. The molecule has 1 unspecified atom stereocenters. The zero-order valence-electron chi connectivity index (χ0n) is 15.8. The zero-order chi connectivity index (χ0) is 18.5. The predicted molar refractivity (Wildman–Crippen MR) is 92.5 cm³/mol. The fraction of sp³-hybridized carbons (Fsp3) is 0.706. The molecule has 0 aliphatic rings. The Labute approximate surface area is 144 Å². The van der Waals surface area contributed by atoms with Crippen molar-refractivity contribution >= 4 is 12.0 Å². The summed E-state index contributed by atoms with van der Waals surface area (Å²) in [6.07, 6.45) is 3.79. The smallest absolute Gasteiger partial charge is 0.408 e. The predicted octanol–water partition coefficient (Wildman–Crippen LogP) is 2.77. The lowest BCUT2D eigenvalue weighted by Gasteiger charge is -2.29. The summed E-state index contributed by atoms with van der Waals surface area (Å²) in [5.41, 5.74) is -0.755. The van der Waals surface area contributed by atoms with Crippen LogP contribution in [0.1, 0.15) is 66.5 Å². The van der Waals surface area contributed by atoms with Crippen LogP contribution in [0.2, 0.25) is 0 Å². The Morgan fingerprint density at radius 3 is 2.33 bits per heavy atom. The standard InChI is InChI=1S/C17H30N4O3/c1-8-13(12-10-18-21(9-2)11-12)19-14(22)17(6,7)20-15(23)24-16(3,4)5/h10-11,13H,8-9H2,1-7H3,(H,19,22)(H,20,23). The Balaban J connectivity index is 2.73. The van der Waals surface area contributed by atoms with Crippen LogP contribution in [-0.2, 0) is 16.1 Å². The lowest BCUT2D eigenvalue weighted by atomic mass is 10.0.